The van der Waals surface area contributed by atoms with Crippen LogP contribution in [0, 0.1) is 62.0 Å². The van der Waals surface area contributed by atoms with Crippen LogP contribution in [-0.2, 0) is 21.1 Å². The third-order valence-electron chi connectivity index (χ3n) is 13.5. The number of hydrogen-bond donors (Lipinski definition) is 0. The Morgan fingerprint density at radius 3 is 1.32 bits per heavy atom. The van der Waals surface area contributed by atoms with Crippen LogP contribution in [0.25, 0.3) is 99.6 Å². The summed E-state index contributed by atoms with van der Waals surface area (Å²) in [5, 5.41) is 3.87. The summed E-state index contributed by atoms with van der Waals surface area (Å²) in [7, 11) is 5.38. The zero-order valence-electron chi connectivity index (χ0n) is 60.3. The average molecular weight is 968 g/mol. The zero-order chi connectivity index (χ0) is 66.8. The van der Waals surface area contributed by atoms with E-state index in [1.165, 1.54) is 6.92 Å². The lowest BCUT2D eigenvalue weighted by Gasteiger charge is -2.10. The summed E-state index contributed by atoms with van der Waals surface area (Å²) in [4.78, 5) is 0. The molecule has 0 N–H and O–H groups in total. The number of furan rings is 3. The van der Waals surface area contributed by atoms with Gasteiger partial charge in [0.25, 0.3) is 0 Å². The van der Waals surface area contributed by atoms with Gasteiger partial charge >= 0.3 is 0 Å². The molecule has 0 aliphatic carbocycles. The lowest BCUT2D eigenvalue weighted by molar-refractivity contribution is -0.660. The molecular weight excluding hydrogens is 883 g/mol. The van der Waals surface area contributed by atoms with E-state index in [2.05, 4.69) is 0 Å². The van der Waals surface area contributed by atoms with Crippen molar-refractivity contribution >= 4 is 65.8 Å². The maximum Gasteiger partial charge on any atom is 0.216 e. The summed E-state index contributed by atoms with van der Waals surface area (Å²) in [5.74, 6) is -1.81. The molecule has 6 aromatic carbocycles. The van der Waals surface area contributed by atoms with Gasteiger partial charge in [-0.05, 0) is 137 Å². The van der Waals surface area contributed by atoms with Crippen molar-refractivity contribution in [2.45, 2.75) is 81.6 Å². The van der Waals surface area contributed by atoms with Crippen LogP contribution in [-0.4, -0.2) is 0 Å². The number of hydrogen-bond acceptors (Lipinski definition) is 3. The second kappa shape index (κ2) is 18.7. The topological polar surface area (TPSA) is 51.1 Å². The number of nitrogens with zero attached hydrogens (tertiary/aromatic N) is 3. The van der Waals surface area contributed by atoms with Crippen LogP contribution in [0.5, 0.6) is 0 Å². The minimum atomic E-state index is -2.51. The lowest BCUT2D eigenvalue weighted by Crippen LogP contribution is -2.31. The molecule has 0 bridgehead atoms. The highest BCUT2D eigenvalue weighted by Crippen LogP contribution is 2.42. The summed E-state index contributed by atoms with van der Waals surface area (Å²) in [6, 6.07) is 35.5. The molecule has 6 heterocycles. The molecule has 6 heteroatoms. The highest BCUT2D eigenvalue weighted by Gasteiger charge is 2.26. The molecule has 12 rings (SSSR count). The van der Waals surface area contributed by atoms with E-state index in [0.29, 0.717) is 83.0 Å². The number of pyridine rings is 3. The van der Waals surface area contributed by atoms with Crippen molar-refractivity contribution in [3.05, 3.63) is 196 Å². The number of para-hydroxylation sites is 3. The fourth-order valence-corrected chi connectivity index (χ4v) is 9.96. The van der Waals surface area contributed by atoms with Gasteiger partial charge in [0.2, 0.25) is 17.1 Å². The normalized spacial score (nSPS) is 17.4. The van der Waals surface area contributed by atoms with E-state index in [1.807, 2.05) is 105 Å². The second-order valence-electron chi connectivity index (χ2n) is 18.6. The molecule has 6 nitrogen and oxygen atoms in total. The molecule has 1 atom stereocenters. The molecule has 0 amide bonds. The molecular formula is C66H66N3O3+3. The Kier molecular flexibility index (Phi) is 7.84. The molecule has 0 saturated carbocycles. The van der Waals surface area contributed by atoms with E-state index >= 15 is 0 Å². The summed E-state index contributed by atoms with van der Waals surface area (Å²) in [6.07, 6.45) is 4.91. The van der Waals surface area contributed by atoms with Crippen molar-refractivity contribution in [1.82, 2.24) is 0 Å². The van der Waals surface area contributed by atoms with Crippen LogP contribution in [0.3, 0.4) is 0 Å². The third-order valence-corrected chi connectivity index (χ3v) is 13.5. The van der Waals surface area contributed by atoms with Gasteiger partial charge in [-0.1, -0.05) is 86.6 Å². The quantitative estimate of drug-likeness (QED) is 0.165. The van der Waals surface area contributed by atoms with E-state index < -0.39 is 47.0 Å². The average Bonchev–Trinajstić information content (AvgIpc) is 1.66. The molecule has 0 spiro atoms. The van der Waals surface area contributed by atoms with Crippen molar-refractivity contribution in [2.75, 3.05) is 0 Å². The van der Waals surface area contributed by atoms with Crippen molar-refractivity contribution in [1.29, 1.82) is 0 Å². The first-order valence-electron chi connectivity index (χ1n) is 33.0. The highest BCUT2D eigenvalue weighted by atomic mass is 16.3. The lowest BCUT2D eigenvalue weighted by atomic mass is 9.95. The maximum absolute atomic E-state index is 8.50. The van der Waals surface area contributed by atoms with Crippen LogP contribution in [0.1, 0.15) is 101 Å². The van der Waals surface area contributed by atoms with Crippen molar-refractivity contribution < 1.29 is 53.0 Å². The van der Waals surface area contributed by atoms with E-state index in [-0.39, 0.29) is 27.8 Å². The number of benzene rings is 6. The Bertz CT molecular complexity index is 4860. The summed E-state index contributed by atoms with van der Waals surface area (Å²) < 4.78 is 174. The molecule has 0 fully saturated rings. The monoisotopic (exact) mass is 968 g/mol. The van der Waals surface area contributed by atoms with Gasteiger partial charge in [0, 0.05) is 93.8 Å². The van der Waals surface area contributed by atoms with Gasteiger partial charge in [-0.2, -0.15) is 0 Å². The van der Waals surface area contributed by atoms with Gasteiger partial charge in [-0.25, -0.2) is 13.7 Å². The van der Waals surface area contributed by atoms with Crippen LogP contribution in [0.2, 0.25) is 0 Å². The number of fused-ring (bicyclic) bond motifs is 9. The largest absolute Gasteiger partial charge is 0.455 e. The Hall–Kier alpha value is -7.83. The number of aryl methyl sites for hydroxylation is 12. The van der Waals surface area contributed by atoms with Crippen molar-refractivity contribution in [3.8, 4) is 33.8 Å². The zero-order valence-corrected chi connectivity index (χ0v) is 41.3. The van der Waals surface area contributed by atoms with Gasteiger partial charge in [0.05, 0.1) is 16.7 Å². The van der Waals surface area contributed by atoms with Gasteiger partial charge in [0.15, 0.2) is 18.6 Å². The Labute approximate surface area is 450 Å². The molecule has 1 unspecified atom stereocenters. The van der Waals surface area contributed by atoms with Crippen LogP contribution < -0.4 is 13.7 Å². The Morgan fingerprint density at radius 2 is 0.875 bits per heavy atom. The Morgan fingerprint density at radius 1 is 0.431 bits per heavy atom. The van der Waals surface area contributed by atoms with E-state index in [9.17, 15) is 0 Å². The minimum Gasteiger partial charge on any atom is -0.455 e. The summed E-state index contributed by atoms with van der Waals surface area (Å²) >= 11 is 0. The van der Waals surface area contributed by atoms with Crippen LogP contribution in [0.15, 0.2) is 153 Å². The minimum absolute atomic E-state index is 0.213. The highest BCUT2D eigenvalue weighted by molar-refractivity contribution is 6.13. The molecule has 72 heavy (non-hydrogen) atoms. The SMILES string of the molecule is [2H]C([2H])([2H])c1c[n+](C)c(-c2c(C)cc(C([2H])([2H])[2H])c3c2oc2ccccc23)cc1C.[2H]C([2H])([2H])c1cc(C)c(-c2cc(C([2H])(C)C([2H])([2H])[2H])cc[n+]2C)c2oc3ccccc3c12.[2H]C([2H])([2H])c1ccc(-c2c(C)cc(C([2H])([2H])[2H])c3c2oc2ccccc23)[n+](C)c1. The van der Waals surface area contributed by atoms with Crippen LogP contribution in [0.4, 0.5) is 0 Å². The first-order chi connectivity index (χ1) is 42.1. The molecule has 360 valence electrons. The first kappa shape index (κ1) is 30.1. The van der Waals surface area contributed by atoms with E-state index in [4.69, 9.17) is 39.3 Å². The predicted molar refractivity (Wildman–Crippen MR) is 298 cm³/mol. The predicted octanol–water partition coefficient (Wildman–Crippen LogP) is 16.1. The van der Waals surface area contributed by atoms with Gasteiger partial charge in [-0.3, -0.25) is 0 Å². The molecule has 12 aromatic rings. The fraction of sp³-hybridized carbons (Fsp3) is 0.227. The van der Waals surface area contributed by atoms with Gasteiger partial charge in [0.1, 0.15) is 54.6 Å². The molecule has 0 radical (unpaired) electrons. The van der Waals surface area contributed by atoms with E-state index in [0.717, 1.165) is 44.4 Å². The van der Waals surface area contributed by atoms with Crippen LogP contribution >= 0.6 is 0 Å². The summed E-state index contributed by atoms with van der Waals surface area (Å²) in [5.41, 5.74) is 12.0. The van der Waals surface area contributed by atoms with Crippen molar-refractivity contribution in [3.63, 3.8) is 0 Å². The van der Waals surface area contributed by atoms with Gasteiger partial charge < -0.3 is 13.3 Å². The molecule has 0 aliphatic heterocycles. The standard InChI is InChI=1S/C23H24NO.C22H22NO.C21H20NO/c1-14(2)17-10-11-24(5)19(13-17)22-16(4)12-15(3)21-18-8-6-7-9-20(18)25-23(21)22;1-13-11-18(23(5)12-16(13)4)21-15(3)10-14(2)20-17-8-6-7-9-19(17)24-22(20)21;1-13-9-10-17(22(4)12-13)20-15(3)11-14(2)19-16-7-5-6-8-18(16)23-21(19)20/h6-14H,1-5H3;6-12H,1-5H3;5-12H,1-4H3/q3*+1/i1D3,3D3,14D;2D3,4D3;1D3,2D3. The third kappa shape index (κ3) is 8.32. The number of aromatic nitrogens is 3. The smallest absolute Gasteiger partial charge is 0.216 e. The maximum atomic E-state index is 8.50. The molecule has 6 aromatic heterocycles. The summed E-state index contributed by atoms with van der Waals surface area (Å²) in [6.45, 7) is -5.20. The molecule has 0 aliphatic rings. The Balaban J connectivity index is 0.000000150. The van der Waals surface area contributed by atoms with Crippen molar-refractivity contribution in [2.24, 2.45) is 21.1 Å². The fourth-order valence-electron chi connectivity index (χ4n) is 9.96. The molecule has 0 saturated heterocycles. The second-order valence-corrected chi connectivity index (χ2v) is 18.6. The van der Waals surface area contributed by atoms with E-state index in [1.54, 1.807) is 97.3 Å². The van der Waals surface area contributed by atoms with Gasteiger partial charge in [-0.15, -0.1) is 0 Å². The number of rotatable bonds is 4. The first-order valence-corrected chi connectivity index (χ1v) is 23.5.